The minimum Gasteiger partial charge on any atom is -0.461 e. The zero-order chi connectivity index (χ0) is 15.1. The van der Waals surface area contributed by atoms with Crippen LogP contribution in [-0.4, -0.2) is 17.9 Å². The van der Waals surface area contributed by atoms with Crippen molar-refractivity contribution in [2.45, 2.75) is 46.6 Å². The molecule has 3 heteroatoms. The van der Waals surface area contributed by atoms with E-state index in [0.29, 0.717) is 0 Å². The van der Waals surface area contributed by atoms with E-state index in [1.54, 1.807) is 6.08 Å². The number of allylic oxidation sites excluding steroid dienone is 3. The largest absolute Gasteiger partial charge is 0.461 e. The van der Waals surface area contributed by atoms with Crippen molar-refractivity contribution in [2.75, 3.05) is 0 Å². The zero-order valence-electron chi connectivity index (χ0n) is 12.7. The summed E-state index contributed by atoms with van der Waals surface area (Å²) in [6.07, 6.45) is 4.87. The SMILES string of the molecule is C=C(C)[C@H]1CC2=C(C)C(=O)C=C[C@]2(C)[C@@H](OC(C)=O)C1. The quantitative estimate of drug-likeness (QED) is 0.573. The van der Waals surface area contributed by atoms with Gasteiger partial charge >= 0.3 is 5.97 Å². The fraction of sp³-hybridized carbons (Fsp3) is 0.529. The van der Waals surface area contributed by atoms with E-state index < -0.39 is 0 Å². The van der Waals surface area contributed by atoms with Crippen LogP contribution < -0.4 is 0 Å². The Morgan fingerprint density at radius 3 is 2.65 bits per heavy atom. The first-order valence-corrected chi connectivity index (χ1v) is 7.02. The summed E-state index contributed by atoms with van der Waals surface area (Å²) in [5.41, 5.74) is 2.59. The Bertz CT molecular complexity index is 538. The molecule has 0 saturated heterocycles. The van der Waals surface area contributed by atoms with Gasteiger partial charge in [0.2, 0.25) is 0 Å². The molecule has 0 bridgehead atoms. The van der Waals surface area contributed by atoms with E-state index in [9.17, 15) is 9.59 Å². The molecule has 0 aromatic heterocycles. The Hall–Kier alpha value is -1.64. The van der Waals surface area contributed by atoms with E-state index in [2.05, 4.69) is 13.5 Å². The van der Waals surface area contributed by atoms with E-state index in [1.807, 2.05) is 19.9 Å². The smallest absolute Gasteiger partial charge is 0.302 e. The summed E-state index contributed by atoms with van der Waals surface area (Å²) >= 11 is 0. The second-order valence-corrected chi connectivity index (χ2v) is 6.17. The number of carbonyl (C=O) groups excluding carboxylic acids is 2. The summed E-state index contributed by atoms with van der Waals surface area (Å²) in [6.45, 7) is 11.4. The first kappa shape index (κ1) is 14.8. The molecule has 0 aromatic rings. The maximum absolute atomic E-state index is 11.9. The first-order valence-electron chi connectivity index (χ1n) is 7.02. The van der Waals surface area contributed by atoms with Gasteiger partial charge in [-0.2, -0.15) is 0 Å². The number of ketones is 1. The van der Waals surface area contributed by atoms with Crippen LogP contribution in [0.3, 0.4) is 0 Å². The van der Waals surface area contributed by atoms with Crippen molar-refractivity contribution >= 4 is 11.8 Å². The van der Waals surface area contributed by atoms with Crippen LogP contribution in [-0.2, 0) is 14.3 Å². The predicted molar refractivity (Wildman–Crippen MR) is 78.0 cm³/mol. The van der Waals surface area contributed by atoms with Gasteiger partial charge in [-0.05, 0) is 56.8 Å². The standard InChI is InChI=1S/C17H22O3/c1-10(2)13-8-14-11(3)15(19)6-7-17(14,5)16(9-13)20-12(4)18/h6-7,13,16H,1,8-9H2,2-5H3/t13-,16-,17-/m0/s1. The third-order valence-electron chi connectivity index (χ3n) is 4.68. The van der Waals surface area contributed by atoms with Crippen LogP contribution in [0.15, 0.2) is 35.5 Å². The topological polar surface area (TPSA) is 43.4 Å². The minimum atomic E-state index is -0.365. The van der Waals surface area contributed by atoms with E-state index >= 15 is 0 Å². The van der Waals surface area contributed by atoms with Crippen LogP contribution in [0, 0.1) is 11.3 Å². The van der Waals surface area contributed by atoms with Crippen molar-refractivity contribution in [3.05, 3.63) is 35.5 Å². The molecular weight excluding hydrogens is 252 g/mol. The van der Waals surface area contributed by atoms with Crippen molar-refractivity contribution < 1.29 is 14.3 Å². The molecule has 0 aliphatic heterocycles. The van der Waals surface area contributed by atoms with Gasteiger partial charge in [0.1, 0.15) is 6.10 Å². The van der Waals surface area contributed by atoms with E-state index in [-0.39, 0.29) is 29.2 Å². The van der Waals surface area contributed by atoms with Crippen LogP contribution in [0.1, 0.15) is 40.5 Å². The van der Waals surface area contributed by atoms with Gasteiger partial charge in [0.05, 0.1) is 0 Å². The monoisotopic (exact) mass is 274 g/mol. The average molecular weight is 274 g/mol. The Morgan fingerprint density at radius 1 is 1.45 bits per heavy atom. The van der Waals surface area contributed by atoms with Gasteiger partial charge in [-0.1, -0.05) is 18.2 Å². The van der Waals surface area contributed by atoms with Gasteiger partial charge in [0.25, 0.3) is 0 Å². The molecule has 2 aliphatic rings. The lowest BCUT2D eigenvalue weighted by Gasteiger charge is -2.46. The molecule has 2 rings (SSSR count). The van der Waals surface area contributed by atoms with Gasteiger partial charge in [-0.3, -0.25) is 9.59 Å². The average Bonchev–Trinajstić information content (AvgIpc) is 2.35. The Kier molecular flexibility index (Phi) is 3.72. The molecule has 108 valence electrons. The van der Waals surface area contributed by atoms with Gasteiger partial charge in [0.15, 0.2) is 5.78 Å². The number of esters is 1. The summed E-state index contributed by atoms with van der Waals surface area (Å²) in [5, 5.41) is 0. The highest BCUT2D eigenvalue weighted by Gasteiger charge is 2.46. The van der Waals surface area contributed by atoms with Crippen molar-refractivity contribution in [3.63, 3.8) is 0 Å². The fourth-order valence-electron chi connectivity index (χ4n) is 3.28. The minimum absolute atomic E-state index is 0.0569. The first-order chi connectivity index (χ1) is 9.25. The number of hydrogen-bond donors (Lipinski definition) is 0. The van der Waals surface area contributed by atoms with Crippen LogP contribution >= 0.6 is 0 Å². The molecule has 0 radical (unpaired) electrons. The fourth-order valence-corrected chi connectivity index (χ4v) is 3.28. The summed E-state index contributed by atoms with van der Waals surface area (Å²) in [6, 6.07) is 0. The summed E-state index contributed by atoms with van der Waals surface area (Å²) in [4.78, 5) is 23.3. The molecule has 1 fully saturated rings. The van der Waals surface area contributed by atoms with Crippen molar-refractivity contribution in [1.82, 2.24) is 0 Å². The van der Waals surface area contributed by atoms with Crippen molar-refractivity contribution in [1.29, 1.82) is 0 Å². The lowest BCUT2D eigenvalue weighted by atomic mass is 9.61. The molecule has 0 spiro atoms. The molecule has 3 atom stereocenters. The van der Waals surface area contributed by atoms with Crippen LogP contribution in [0.25, 0.3) is 0 Å². The summed E-state index contributed by atoms with van der Waals surface area (Å²) in [5.74, 6) is 0.0407. The molecule has 3 nitrogen and oxygen atoms in total. The molecule has 2 aliphatic carbocycles. The normalized spacial score (nSPS) is 32.9. The number of ether oxygens (including phenoxy) is 1. The molecule has 20 heavy (non-hydrogen) atoms. The number of hydrogen-bond acceptors (Lipinski definition) is 3. The zero-order valence-corrected chi connectivity index (χ0v) is 12.7. The molecule has 0 unspecified atom stereocenters. The molecule has 0 N–H and O–H groups in total. The second kappa shape index (κ2) is 5.04. The lowest BCUT2D eigenvalue weighted by Crippen LogP contribution is -2.44. The highest BCUT2D eigenvalue weighted by Crippen LogP contribution is 2.50. The molecule has 1 saturated carbocycles. The molecule has 0 aromatic carbocycles. The Balaban J connectivity index is 2.46. The van der Waals surface area contributed by atoms with Crippen LogP contribution in [0.4, 0.5) is 0 Å². The Labute approximate surface area is 120 Å². The maximum Gasteiger partial charge on any atom is 0.302 e. The van der Waals surface area contributed by atoms with Crippen LogP contribution in [0.5, 0.6) is 0 Å². The van der Waals surface area contributed by atoms with Gasteiger partial charge in [-0.15, -0.1) is 0 Å². The number of fused-ring (bicyclic) bond motifs is 1. The van der Waals surface area contributed by atoms with Crippen LogP contribution in [0.2, 0.25) is 0 Å². The molecular formula is C17H22O3. The third-order valence-corrected chi connectivity index (χ3v) is 4.68. The summed E-state index contributed by atoms with van der Waals surface area (Å²) < 4.78 is 5.55. The lowest BCUT2D eigenvalue weighted by molar-refractivity contribution is -0.152. The predicted octanol–water partition coefficient (Wildman–Crippen LogP) is 3.37. The van der Waals surface area contributed by atoms with E-state index in [4.69, 9.17) is 4.74 Å². The van der Waals surface area contributed by atoms with Gasteiger partial charge in [0, 0.05) is 12.3 Å². The van der Waals surface area contributed by atoms with E-state index in [1.165, 1.54) is 6.92 Å². The number of carbonyl (C=O) groups is 2. The highest BCUT2D eigenvalue weighted by molar-refractivity contribution is 6.05. The van der Waals surface area contributed by atoms with E-state index in [0.717, 1.165) is 29.6 Å². The van der Waals surface area contributed by atoms with Gasteiger partial charge in [-0.25, -0.2) is 0 Å². The molecule has 0 heterocycles. The molecule has 0 amide bonds. The second-order valence-electron chi connectivity index (χ2n) is 6.17. The number of rotatable bonds is 2. The third kappa shape index (κ3) is 2.37. The summed E-state index contributed by atoms with van der Waals surface area (Å²) in [7, 11) is 0. The van der Waals surface area contributed by atoms with Gasteiger partial charge < -0.3 is 4.74 Å². The Morgan fingerprint density at radius 2 is 2.10 bits per heavy atom. The highest BCUT2D eigenvalue weighted by atomic mass is 16.5. The maximum atomic E-state index is 11.9. The van der Waals surface area contributed by atoms with Crippen molar-refractivity contribution in [3.8, 4) is 0 Å². The van der Waals surface area contributed by atoms with Crippen molar-refractivity contribution in [2.24, 2.45) is 11.3 Å².